The molecule has 62 nitrogen and oxygen atoms in total. The third kappa shape index (κ3) is 25.3. The standard InChI is InChI=1S/C35H50N13O18P3S.C32H44N13O18P3S/c36-24-5-6-46(35(51)43-24)25-9-18(49)21(62-25)12-60-68(54,55)65-20-11-27(48-17-42-29-32(48)44-34(38)45-33(29)50)64-23(20)14-61-69(56,57)66-19-10-26(47-16-41-28-30(37)39-15-40-31(28)47)63-22(19)13-59-67(52,53)58-7-3-1-2-4-8-70;33-21-2-3-43(32(48)40-21)22-7-16(62-64(49,50)55-4-1-5-67)19(59-22)10-57-66(53,54)63-17-8-24(45-14-39-26-29(45)41-31(35)42-30(26)47)60-20(17)11-56-65(51,52)61-15-6-23(58-18(15)9-46)44-13-38-25-27(34)36-12-37-28(25)44/h5-6,15-23,25-27,49,70H,1-4,7-14H2,(H,52,53)(H,54,55)(H,56,57)(H2,36,43,51)(H2,37,39,40)(H3,38,44,45,50);2-3,12-20,22-24,46,67H,1,4-11H2,(H,49,50)(H,51,52)(H,53,54)(H2,33,40,48)(H2,34,36,37)(H3,35,41,42,47)/p-5/t18?,19?,20?,21-,22-,23-,25-,26-,27-;15?,16?,17?,18-,19-,20-,22-,23-,24-/m11/s1. The van der Waals surface area contributed by atoms with E-state index in [4.69, 9.17) is 117 Å². The van der Waals surface area contributed by atoms with Crippen LogP contribution < -0.4 is 81.4 Å². The number of thiol groups is 2. The zero-order valence-electron chi connectivity index (χ0n) is 70.9. The number of unbranched alkanes of at least 4 members (excludes halogenated alkanes) is 3. The van der Waals surface area contributed by atoms with E-state index in [2.05, 4.69) is 95.0 Å². The van der Waals surface area contributed by atoms with Gasteiger partial charge < -0.3 is 148 Å². The van der Waals surface area contributed by atoms with Gasteiger partial charge in [-0.2, -0.15) is 45.2 Å². The molecule has 0 aliphatic carbocycles. The molecule has 0 radical (unpaired) electrons. The Morgan fingerprint density at radius 1 is 0.394 bits per heavy atom. The molecule has 16 rings (SSSR count). The molecule has 70 heteroatoms. The maximum absolute atomic E-state index is 13.7. The Hall–Kier alpha value is -8.60. The fourth-order valence-electron chi connectivity index (χ4n) is 15.3. The van der Waals surface area contributed by atoms with Gasteiger partial charge in [-0.1, -0.05) is 12.8 Å². The Bertz CT molecular complexity index is 6530. The van der Waals surface area contributed by atoms with Crippen molar-refractivity contribution in [3.63, 3.8) is 0 Å². The number of anilines is 6. The van der Waals surface area contributed by atoms with Gasteiger partial charge in [0.1, 0.15) is 109 Å². The number of H-pyrrole nitrogens is 2. The minimum absolute atomic E-state index is 0.0481. The van der Waals surface area contributed by atoms with E-state index < -0.39 is 226 Å². The average molecular weight is 2080 g/mol. The maximum atomic E-state index is 13.7. The van der Waals surface area contributed by atoms with Crippen LogP contribution >= 0.6 is 72.2 Å². The fraction of sp³-hybridized carbons (Fsp3) is 0.582. The highest BCUT2D eigenvalue weighted by Gasteiger charge is 2.49. The number of nitrogens with one attached hydrogen (secondary N) is 2. The Balaban J connectivity index is 0.000000208. The van der Waals surface area contributed by atoms with Crippen LogP contribution in [-0.2, 0) is 110 Å². The van der Waals surface area contributed by atoms with Crippen LogP contribution in [0.15, 0.2) is 81.7 Å². The minimum atomic E-state index is -5.53. The van der Waals surface area contributed by atoms with Crippen LogP contribution in [0.4, 0.5) is 35.2 Å². The molecular formula is C67H89N26O36P6S2-5. The molecule has 0 bridgehead atoms. The highest BCUT2D eigenvalue weighted by Crippen LogP contribution is 2.54. The molecule has 6 aliphatic rings. The number of hydrogen-bond donors (Lipinski definition) is 13. The molecule has 6 aliphatic heterocycles. The van der Waals surface area contributed by atoms with Gasteiger partial charge in [0.25, 0.3) is 50.2 Å². The molecular weight excluding hydrogens is 1990 g/mol. The summed E-state index contributed by atoms with van der Waals surface area (Å²) in [5.41, 5.74) is 31.9. The first-order chi connectivity index (χ1) is 65.1. The Morgan fingerprint density at radius 3 is 1.12 bits per heavy atom. The number of aromatic nitrogens is 20. The van der Waals surface area contributed by atoms with Gasteiger partial charge in [-0.25, -0.2) is 54.0 Å². The zero-order chi connectivity index (χ0) is 97.8. The summed E-state index contributed by atoms with van der Waals surface area (Å²) in [5, 5.41) is 20.7. The summed E-state index contributed by atoms with van der Waals surface area (Å²) in [6, 6.07) is 2.60. The number of nitrogens with two attached hydrogens (primary N) is 6. The topological polar surface area (TPSA) is 885 Å². The summed E-state index contributed by atoms with van der Waals surface area (Å²) in [6.07, 6.45) is -12.5. The van der Waals surface area contributed by atoms with Crippen LogP contribution in [0.25, 0.3) is 44.7 Å². The number of phosphoric ester groups is 6. The first-order valence-electron chi connectivity index (χ1n) is 41.4. The molecule has 0 amide bonds. The lowest BCUT2D eigenvalue weighted by Gasteiger charge is -2.32. The van der Waals surface area contributed by atoms with Gasteiger partial charge in [0.2, 0.25) is 11.9 Å². The van der Waals surface area contributed by atoms with Crippen LogP contribution in [0.3, 0.4) is 0 Å². The molecule has 6 saturated heterocycles. The second-order valence-electron chi connectivity index (χ2n) is 31.0. The normalized spacial score (nSPS) is 27.9. The number of ether oxygens (including phenoxy) is 6. The molecule has 24 atom stereocenters. The number of nitrogens with zero attached hydrogens (tertiary/aromatic N) is 18. The van der Waals surface area contributed by atoms with Gasteiger partial charge in [-0.05, 0) is 42.9 Å². The van der Waals surface area contributed by atoms with Crippen molar-refractivity contribution < 1.29 is 150 Å². The Kier molecular flexibility index (Phi) is 32.6. The Labute approximate surface area is 779 Å². The van der Waals surface area contributed by atoms with Crippen molar-refractivity contribution in [2.24, 2.45) is 0 Å². The van der Waals surface area contributed by atoms with Crippen molar-refractivity contribution in [3.8, 4) is 0 Å². The van der Waals surface area contributed by atoms with Crippen molar-refractivity contribution in [3.05, 3.63) is 104 Å². The molecule has 17 N–H and O–H groups in total. The number of fused-ring (bicyclic) bond motifs is 4. The molecule has 6 fully saturated rings. The van der Waals surface area contributed by atoms with Crippen LogP contribution in [0, 0.1) is 0 Å². The molecule has 0 spiro atoms. The van der Waals surface area contributed by atoms with Crippen molar-refractivity contribution in [2.75, 3.05) is 98.8 Å². The van der Waals surface area contributed by atoms with E-state index >= 15 is 0 Å². The van der Waals surface area contributed by atoms with Gasteiger partial charge in [0, 0.05) is 50.9 Å². The van der Waals surface area contributed by atoms with E-state index in [0.29, 0.717) is 24.3 Å². The summed E-state index contributed by atoms with van der Waals surface area (Å²) in [7, 11) is -31.5. The SMILES string of the molecule is Nc1ccn([C@H]2CC(O)[C@@H](COP(=O)([O-])OC3C[C@H](n4cnc5c(=O)[nH]c(N)nc54)O[C@@H]3COP(=O)([O-])OC3C[C@H](n4cnc5c(N)ncnc54)O[C@@H]3COP(=O)(O)OCCCCCCS)O2)c(=O)n1.Nc1ccn([C@H]2CC(OP(=O)([O-])OCCCS)[C@@H](COP(=O)([O-])OC3C[C@H](n4cnc5c(=O)[nH]c(N)nc54)O[C@@H]3COP(=O)([O-])OC3C[C@H](n4cnc5c(N)ncnc54)O[C@@H]3CO)O2)c(=O)n1. The summed E-state index contributed by atoms with van der Waals surface area (Å²) in [5.74, 6) is 0.383. The van der Waals surface area contributed by atoms with E-state index in [1.807, 2.05) is 0 Å². The zero-order valence-corrected chi connectivity index (χ0v) is 78.1. The molecule has 10 aromatic heterocycles. The average Bonchev–Trinajstić information content (AvgIpc) is 1.64. The first-order valence-corrected chi connectivity index (χ1v) is 51.4. The second-order valence-corrected chi connectivity index (χ2v) is 40.2. The lowest BCUT2D eigenvalue weighted by atomic mass is 10.2. The smallest absolute Gasteiger partial charge is 0.472 e. The number of hydrogen-bond acceptors (Lipinski definition) is 55. The number of aliphatic hydroxyl groups excluding tert-OH is 2. The third-order valence-corrected chi connectivity index (χ3v) is 28.3. The fourth-order valence-corrected chi connectivity index (χ4v) is 21.2. The van der Waals surface area contributed by atoms with Gasteiger partial charge in [-0.3, -0.25) is 78.8 Å². The molecule has 137 heavy (non-hydrogen) atoms. The predicted octanol–water partition coefficient (Wildman–Crippen LogP) is -2.70. The summed E-state index contributed by atoms with van der Waals surface area (Å²) in [4.78, 5) is 180. The van der Waals surface area contributed by atoms with Crippen LogP contribution in [0.2, 0.25) is 0 Å². The molecule has 0 aromatic carbocycles. The number of imidazole rings is 4. The quantitative estimate of drug-likeness (QED) is 0.0105. The highest BCUT2D eigenvalue weighted by molar-refractivity contribution is 7.80. The molecule has 12 unspecified atom stereocenters. The van der Waals surface area contributed by atoms with Crippen LogP contribution in [0.5, 0.6) is 0 Å². The lowest BCUT2D eigenvalue weighted by molar-refractivity contribution is -0.241. The van der Waals surface area contributed by atoms with Crippen LogP contribution in [-0.4, -0.2) is 250 Å². The summed E-state index contributed by atoms with van der Waals surface area (Å²) >= 11 is 8.18. The van der Waals surface area contributed by atoms with Crippen molar-refractivity contribution >= 4 is 152 Å². The van der Waals surface area contributed by atoms with Gasteiger partial charge in [0.05, 0.1) is 115 Å². The third-order valence-electron chi connectivity index (χ3n) is 21.7. The molecule has 0 saturated carbocycles. The van der Waals surface area contributed by atoms with Crippen molar-refractivity contribution in [2.45, 2.75) is 181 Å². The van der Waals surface area contributed by atoms with Crippen molar-refractivity contribution in [1.29, 1.82) is 0 Å². The molecule has 10 aromatic rings. The second kappa shape index (κ2) is 43.5. The number of rotatable bonds is 43. The number of aliphatic hydroxyl groups is 2. The van der Waals surface area contributed by atoms with E-state index in [0.717, 1.165) is 34.6 Å². The number of nitrogen functional groups attached to an aromatic ring is 6. The number of aromatic amines is 2. The minimum Gasteiger partial charge on any atom is -0.756 e. The largest absolute Gasteiger partial charge is 0.756 e. The summed E-state index contributed by atoms with van der Waals surface area (Å²) in [6.45, 7) is -5.38. The van der Waals surface area contributed by atoms with Gasteiger partial charge >= 0.3 is 19.2 Å². The maximum Gasteiger partial charge on any atom is 0.472 e. The van der Waals surface area contributed by atoms with Crippen LogP contribution in [0.1, 0.15) is 108 Å². The summed E-state index contributed by atoms with van der Waals surface area (Å²) < 4.78 is 185. The van der Waals surface area contributed by atoms with Gasteiger partial charge in [-0.15, -0.1) is 0 Å². The lowest BCUT2D eigenvalue weighted by Crippen LogP contribution is -2.34. The highest BCUT2D eigenvalue weighted by atomic mass is 32.1. The van der Waals surface area contributed by atoms with E-state index in [1.165, 1.54) is 68.1 Å². The molecule has 16 heterocycles. The predicted molar refractivity (Wildman–Crippen MR) is 459 cm³/mol. The monoisotopic (exact) mass is 2080 g/mol. The first kappa shape index (κ1) is 103. The van der Waals surface area contributed by atoms with Gasteiger partial charge in [0.15, 0.2) is 45.3 Å². The number of phosphoric acid groups is 6. The Morgan fingerprint density at radius 2 is 0.723 bits per heavy atom. The molecule has 750 valence electrons. The van der Waals surface area contributed by atoms with Crippen molar-refractivity contribution in [1.82, 2.24) is 97.2 Å². The van der Waals surface area contributed by atoms with E-state index in [1.54, 1.807) is 0 Å². The van der Waals surface area contributed by atoms with E-state index in [-0.39, 0.29) is 132 Å². The van der Waals surface area contributed by atoms with E-state index in [9.17, 15) is 86.1 Å².